The lowest BCUT2D eigenvalue weighted by Gasteiger charge is -2.22. The van der Waals surface area contributed by atoms with E-state index >= 15 is 0 Å². The molecule has 0 radical (unpaired) electrons. The molecule has 1 N–H and O–H groups in total. The molecule has 0 fully saturated rings. The van der Waals surface area contributed by atoms with Crippen LogP contribution in [-0.4, -0.2) is 33.0 Å². The maximum atomic E-state index is 10.8. The normalized spacial score (nSPS) is 11.8. The summed E-state index contributed by atoms with van der Waals surface area (Å²) in [6.07, 6.45) is 2.46. The van der Waals surface area contributed by atoms with Crippen molar-refractivity contribution in [2.45, 2.75) is 40.2 Å². The minimum absolute atomic E-state index is 0.0782. The van der Waals surface area contributed by atoms with E-state index in [0.29, 0.717) is 12.2 Å². The van der Waals surface area contributed by atoms with Gasteiger partial charge >= 0.3 is 0 Å². The molecular formula is C11H19N3O2. The lowest BCUT2D eigenvalue weighted by Crippen LogP contribution is -2.25. The number of aldehydes is 1. The number of carbonyl (C=O) groups excluding carboxylic acids is 1. The zero-order chi connectivity index (χ0) is 12.2. The number of carbonyl (C=O) groups is 1. The summed E-state index contributed by atoms with van der Waals surface area (Å²) >= 11 is 0. The summed E-state index contributed by atoms with van der Waals surface area (Å²) in [7, 11) is 0. The van der Waals surface area contributed by atoms with Crippen molar-refractivity contribution in [3.8, 4) is 0 Å². The smallest absolute Gasteiger partial charge is 0.172 e. The molecule has 0 aromatic carbocycles. The SMILES string of the molecule is CCCc1c(C=O)nnn1CC(C)(C)CO. The van der Waals surface area contributed by atoms with Crippen LogP contribution < -0.4 is 0 Å². The lowest BCUT2D eigenvalue weighted by atomic mass is 9.95. The van der Waals surface area contributed by atoms with Crippen molar-refractivity contribution >= 4 is 6.29 Å². The summed E-state index contributed by atoms with van der Waals surface area (Å²) in [5.74, 6) is 0. The highest BCUT2D eigenvalue weighted by Gasteiger charge is 2.21. The number of hydrogen-bond donors (Lipinski definition) is 1. The van der Waals surface area contributed by atoms with E-state index in [2.05, 4.69) is 10.3 Å². The first-order chi connectivity index (χ1) is 7.54. The van der Waals surface area contributed by atoms with Gasteiger partial charge in [-0.15, -0.1) is 5.10 Å². The number of hydrogen-bond acceptors (Lipinski definition) is 4. The molecule has 1 aromatic heterocycles. The van der Waals surface area contributed by atoms with Crippen LogP contribution in [0.15, 0.2) is 0 Å². The van der Waals surface area contributed by atoms with Gasteiger partial charge in [-0.1, -0.05) is 32.4 Å². The van der Waals surface area contributed by atoms with Crippen LogP contribution in [0.2, 0.25) is 0 Å². The van der Waals surface area contributed by atoms with Crippen molar-refractivity contribution in [3.05, 3.63) is 11.4 Å². The van der Waals surface area contributed by atoms with Crippen LogP contribution in [0.3, 0.4) is 0 Å². The van der Waals surface area contributed by atoms with Crippen molar-refractivity contribution < 1.29 is 9.90 Å². The minimum atomic E-state index is -0.254. The largest absolute Gasteiger partial charge is 0.396 e. The molecule has 1 heterocycles. The first-order valence-electron chi connectivity index (χ1n) is 5.52. The Kier molecular flexibility index (Phi) is 4.18. The monoisotopic (exact) mass is 225 g/mol. The van der Waals surface area contributed by atoms with E-state index in [-0.39, 0.29) is 12.0 Å². The fourth-order valence-electron chi connectivity index (χ4n) is 1.51. The van der Waals surface area contributed by atoms with Crippen LogP contribution in [0.25, 0.3) is 0 Å². The zero-order valence-electron chi connectivity index (χ0n) is 10.1. The molecule has 0 aliphatic rings. The minimum Gasteiger partial charge on any atom is -0.396 e. The van der Waals surface area contributed by atoms with Crippen molar-refractivity contribution in [1.82, 2.24) is 15.0 Å². The van der Waals surface area contributed by atoms with E-state index in [9.17, 15) is 9.90 Å². The summed E-state index contributed by atoms with van der Waals surface area (Å²) < 4.78 is 1.73. The van der Waals surface area contributed by atoms with E-state index in [1.54, 1.807) is 4.68 Å². The molecule has 0 aliphatic carbocycles. The summed E-state index contributed by atoms with van der Waals surface area (Å²) in [4.78, 5) is 10.8. The van der Waals surface area contributed by atoms with Gasteiger partial charge in [-0.25, -0.2) is 4.68 Å². The molecule has 5 heteroatoms. The molecule has 0 bridgehead atoms. The fourth-order valence-corrected chi connectivity index (χ4v) is 1.51. The van der Waals surface area contributed by atoms with Gasteiger partial charge < -0.3 is 5.11 Å². The summed E-state index contributed by atoms with van der Waals surface area (Å²) in [6.45, 7) is 6.59. The van der Waals surface area contributed by atoms with Crippen LogP contribution in [0, 0.1) is 5.41 Å². The van der Waals surface area contributed by atoms with E-state index in [1.807, 2.05) is 20.8 Å². The Balaban J connectivity index is 2.95. The Morgan fingerprint density at radius 2 is 2.19 bits per heavy atom. The van der Waals surface area contributed by atoms with Gasteiger partial charge in [0.05, 0.1) is 12.2 Å². The van der Waals surface area contributed by atoms with Gasteiger partial charge in [-0.2, -0.15) is 0 Å². The van der Waals surface area contributed by atoms with Gasteiger partial charge in [0.2, 0.25) is 0 Å². The lowest BCUT2D eigenvalue weighted by molar-refractivity contribution is 0.111. The maximum absolute atomic E-state index is 10.8. The molecule has 0 atom stereocenters. The molecule has 5 nitrogen and oxygen atoms in total. The van der Waals surface area contributed by atoms with Gasteiger partial charge in [0, 0.05) is 12.0 Å². The predicted molar refractivity (Wildman–Crippen MR) is 60.3 cm³/mol. The Morgan fingerprint density at radius 3 is 2.69 bits per heavy atom. The zero-order valence-corrected chi connectivity index (χ0v) is 10.1. The van der Waals surface area contributed by atoms with Crippen molar-refractivity contribution in [2.24, 2.45) is 5.41 Å². The van der Waals surface area contributed by atoms with Crippen LogP contribution in [0.1, 0.15) is 43.4 Å². The maximum Gasteiger partial charge on any atom is 0.172 e. The molecular weight excluding hydrogens is 206 g/mol. The number of rotatable bonds is 6. The second-order valence-electron chi connectivity index (χ2n) is 4.77. The number of aromatic nitrogens is 3. The average Bonchev–Trinajstić information content (AvgIpc) is 2.61. The number of nitrogens with zero attached hydrogens (tertiary/aromatic N) is 3. The highest BCUT2D eigenvalue weighted by Crippen LogP contribution is 2.18. The molecule has 1 rings (SSSR count). The number of aliphatic hydroxyl groups is 1. The van der Waals surface area contributed by atoms with Gasteiger partial charge in [-0.3, -0.25) is 4.79 Å². The first-order valence-corrected chi connectivity index (χ1v) is 5.52. The van der Waals surface area contributed by atoms with Crippen LogP contribution >= 0.6 is 0 Å². The molecule has 0 saturated carbocycles. The molecule has 0 saturated heterocycles. The van der Waals surface area contributed by atoms with Crippen LogP contribution in [0.4, 0.5) is 0 Å². The van der Waals surface area contributed by atoms with Crippen molar-refractivity contribution in [3.63, 3.8) is 0 Å². The van der Waals surface area contributed by atoms with E-state index in [4.69, 9.17) is 0 Å². The second-order valence-corrected chi connectivity index (χ2v) is 4.77. The first kappa shape index (κ1) is 12.8. The Hall–Kier alpha value is -1.23. The Labute approximate surface area is 95.5 Å². The standard InChI is InChI=1S/C11H19N3O2/c1-4-5-10-9(6-15)12-13-14(10)7-11(2,3)8-16/h6,16H,4-5,7-8H2,1-3H3. The van der Waals surface area contributed by atoms with E-state index in [0.717, 1.165) is 24.8 Å². The third-order valence-electron chi connectivity index (χ3n) is 2.47. The summed E-state index contributed by atoms with van der Waals surface area (Å²) in [6, 6.07) is 0. The highest BCUT2D eigenvalue weighted by molar-refractivity contribution is 5.73. The van der Waals surface area contributed by atoms with E-state index in [1.165, 1.54) is 0 Å². The predicted octanol–water partition coefficient (Wildman–Crippen LogP) is 1.06. The van der Waals surface area contributed by atoms with Gasteiger partial charge in [0.25, 0.3) is 0 Å². The third kappa shape index (κ3) is 2.88. The third-order valence-corrected chi connectivity index (χ3v) is 2.47. The van der Waals surface area contributed by atoms with Crippen molar-refractivity contribution in [2.75, 3.05) is 6.61 Å². The summed E-state index contributed by atoms with van der Waals surface area (Å²) in [5.41, 5.74) is 1.02. The Morgan fingerprint density at radius 1 is 1.50 bits per heavy atom. The summed E-state index contributed by atoms with van der Waals surface area (Å²) in [5, 5.41) is 17.0. The molecule has 1 aromatic rings. The van der Waals surface area contributed by atoms with Gasteiger partial charge in [0.1, 0.15) is 5.69 Å². The molecule has 0 spiro atoms. The second kappa shape index (κ2) is 5.21. The Bertz CT molecular complexity index is 358. The number of aliphatic hydroxyl groups excluding tert-OH is 1. The van der Waals surface area contributed by atoms with Crippen LogP contribution in [0.5, 0.6) is 0 Å². The molecule has 90 valence electrons. The topological polar surface area (TPSA) is 68.0 Å². The van der Waals surface area contributed by atoms with Crippen molar-refractivity contribution in [1.29, 1.82) is 0 Å². The molecule has 0 amide bonds. The van der Waals surface area contributed by atoms with Crippen LogP contribution in [-0.2, 0) is 13.0 Å². The van der Waals surface area contributed by atoms with Gasteiger partial charge in [0.15, 0.2) is 6.29 Å². The quantitative estimate of drug-likeness (QED) is 0.735. The fraction of sp³-hybridized carbons (Fsp3) is 0.727. The molecule has 0 aliphatic heterocycles. The molecule has 0 unspecified atom stereocenters. The average molecular weight is 225 g/mol. The van der Waals surface area contributed by atoms with E-state index < -0.39 is 0 Å². The molecule has 16 heavy (non-hydrogen) atoms. The highest BCUT2D eigenvalue weighted by atomic mass is 16.3. The van der Waals surface area contributed by atoms with Gasteiger partial charge in [-0.05, 0) is 6.42 Å².